The summed E-state index contributed by atoms with van der Waals surface area (Å²) >= 11 is 0. The standard InChI is InChI=1S/C16H20N2O4/c1-4-21-14-8-11-12(18-10(3)16(19)20)6-7-17-13(11)9-15(14)22-5-2/h6-10H,4-5H2,1-3H3,(H,17,18)(H,19,20)/t10-/m1/s1. The van der Waals surface area contributed by atoms with Crippen molar-refractivity contribution in [3.63, 3.8) is 0 Å². The van der Waals surface area contributed by atoms with Gasteiger partial charge in [-0.3, -0.25) is 9.78 Å². The molecule has 1 atom stereocenters. The zero-order chi connectivity index (χ0) is 16.1. The van der Waals surface area contributed by atoms with Gasteiger partial charge in [-0.2, -0.15) is 0 Å². The van der Waals surface area contributed by atoms with Crippen LogP contribution in [0.3, 0.4) is 0 Å². The van der Waals surface area contributed by atoms with E-state index in [-0.39, 0.29) is 0 Å². The average Bonchev–Trinajstić information content (AvgIpc) is 2.49. The number of pyridine rings is 1. The Hall–Kier alpha value is -2.50. The minimum absolute atomic E-state index is 0.514. The van der Waals surface area contributed by atoms with Gasteiger partial charge in [0.2, 0.25) is 0 Å². The lowest BCUT2D eigenvalue weighted by atomic mass is 10.1. The number of nitrogens with one attached hydrogen (secondary N) is 1. The first-order valence-corrected chi connectivity index (χ1v) is 7.24. The number of carboxylic acids is 1. The first kappa shape index (κ1) is 15.9. The van der Waals surface area contributed by atoms with Gasteiger partial charge < -0.3 is 19.9 Å². The Morgan fingerprint density at radius 3 is 2.50 bits per heavy atom. The molecule has 0 unspecified atom stereocenters. The molecule has 1 heterocycles. The summed E-state index contributed by atoms with van der Waals surface area (Å²) in [6, 6.07) is 4.68. The van der Waals surface area contributed by atoms with Gasteiger partial charge in [0.05, 0.1) is 18.7 Å². The van der Waals surface area contributed by atoms with Crippen LogP contribution in [0.2, 0.25) is 0 Å². The number of hydrogen-bond acceptors (Lipinski definition) is 5. The third-order valence-electron chi connectivity index (χ3n) is 3.15. The van der Waals surface area contributed by atoms with E-state index >= 15 is 0 Å². The van der Waals surface area contributed by atoms with E-state index in [4.69, 9.17) is 14.6 Å². The normalized spacial score (nSPS) is 12.0. The second kappa shape index (κ2) is 6.98. The van der Waals surface area contributed by atoms with Gasteiger partial charge in [0.25, 0.3) is 0 Å². The van der Waals surface area contributed by atoms with Gasteiger partial charge in [0.15, 0.2) is 11.5 Å². The molecule has 0 fully saturated rings. The van der Waals surface area contributed by atoms with Gasteiger partial charge in [-0.25, -0.2) is 0 Å². The fourth-order valence-corrected chi connectivity index (χ4v) is 2.11. The number of fused-ring (bicyclic) bond motifs is 1. The molecule has 0 aliphatic heterocycles. The summed E-state index contributed by atoms with van der Waals surface area (Å²) in [6.45, 7) is 6.43. The minimum atomic E-state index is -0.916. The van der Waals surface area contributed by atoms with Crippen molar-refractivity contribution in [1.82, 2.24) is 4.98 Å². The maximum atomic E-state index is 11.0. The van der Waals surface area contributed by atoms with Crippen molar-refractivity contribution in [1.29, 1.82) is 0 Å². The number of aromatic nitrogens is 1. The highest BCUT2D eigenvalue weighted by Gasteiger charge is 2.14. The third kappa shape index (κ3) is 3.39. The molecule has 2 aromatic rings. The first-order chi connectivity index (χ1) is 10.6. The highest BCUT2D eigenvalue weighted by molar-refractivity contribution is 5.94. The van der Waals surface area contributed by atoms with Crippen molar-refractivity contribution in [3.05, 3.63) is 24.4 Å². The van der Waals surface area contributed by atoms with Crippen molar-refractivity contribution in [2.45, 2.75) is 26.8 Å². The molecular weight excluding hydrogens is 284 g/mol. The van der Waals surface area contributed by atoms with Crippen molar-refractivity contribution in [3.8, 4) is 11.5 Å². The van der Waals surface area contributed by atoms with E-state index in [2.05, 4.69) is 10.3 Å². The number of rotatable bonds is 7. The smallest absolute Gasteiger partial charge is 0.325 e. The van der Waals surface area contributed by atoms with Crippen LogP contribution in [0.15, 0.2) is 24.4 Å². The molecule has 0 saturated heterocycles. The molecule has 0 spiro atoms. The van der Waals surface area contributed by atoms with Crippen molar-refractivity contribution in [2.75, 3.05) is 18.5 Å². The zero-order valence-corrected chi connectivity index (χ0v) is 12.9. The number of hydrogen-bond donors (Lipinski definition) is 2. The predicted octanol–water partition coefficient (Wildman–Crippen LogP) is 2.92. The van der Waals surface area contributed by atoms with Crippen LogP contribution in [0.25, 0.3) is 10.9 Å². The highest BCUT2D eigenvalue weighted by Crippen LogP contribution is 2.35. The number of benzene rings is 1. The summed E-state index contributed by atoms with van der Waals surface area (Å²) in [7, 11) is 0. The molecule has 6 heteroatoms. The zero-order valence-electron chi connectivity index (χ0n) is 12.9. The highest BCUT2D eigenvalue weighted by atomic mass is 16.5. The van der Waals surface area contributed by atoms with Crippen LogP contribution in [0.5, 0.6) is 11.5 Å². The van der Waals surface area contributed by atoms with Gasteiger partial charge in [0, 0.05) is 23.3 Å². The molecule has 0 radical (unpaired) electrons. The van der Waals surface area contributed by atoms with Crippen LogP contribution in [0.4, 0.5) is 5.69 Å². The van der Waals surface area contributed by atoms with Gasteiger partial charge in [-0.15, -0.1) is 0 Å². The third-order valence-corrected chi connectivity index (χ3v) is 3.15. The largest absolute Gasteiger partial charge is 0.490 e. The summed E-state index contributed by atoms with van der Waals surface area (Å²) in [6.07, 6.45) is 1.63. The Morgan fingerprint density at radius 1 is 1.27 bits per heavy atom. The first-order valence-electron chi connectivity index (χ1n) is 7.24. The molecule has 22 heavy (non-hydrogen) atoms. The van der Waals surface area contributed by atoms with E-state index < -0.39 is 12.0 Å². The summed E-state index contributed by atoms with van der Waals surface area (Å²) in [5.41, 5.74) is 1.42. The SMILES string of the molecule is CCOc1cc2nccc(N[C@H](C)C(=O)O)c2cc1OCC. The van der Waals surface area contributed by atoms with Gasteiger partial charge in [-0.1, -0.05) is 0 Å². The Balaban J connectivity index is 2.50. The molecule has 1 aromatic heterocycles. The van der Waals surface area contributed by atoms with Crippen LogP contribution in [-0.2, 0) is 4.79 Å². The number of carbonyl (C=O) groups is 1. The molecule has 2 rings (SSSR count). The molecule has 1 aromatic carbocycles. The summed E-state index contributed by atoms with van der Waals surface area (Å²) in [5.74, 6) is 0.338. The number of carboxylic acid groups (broad SMARTS) is 1. The lowest BCUT2D eigenvalue weighted by molar-refractivity contribution is -0.137. The molecule has 0 saturated carbocycles. The van der Waals surface area contributed by atoms with Crippen LogP contribution in [0, 0.1) is 0 Å². The maximum absolute atomic E-state index is 11.0. The molecule has 0 aliphatic carbocycles. The van der Waals surface area contributed by atoms with Crippen molar-refractivity contribution in [2.24, 2.45) is 0 Å². The lowest BCUT2D eigenvalue weighted by Gasteiger charge is -2.16. The summed E-state index contributed by atoms with van der Waals surface area (Å²) in [4.78, 5) is 15.3. The maximum Gasteiger partial charge on any atom is 0.325 e. The average molecular weight is 304 g/mol. The Labute approximate surface area is 129 Å². The van der Waals surface area contributed by atoms with E-state index in [1.165, 1.54) is 0 Å². The molecule has 0 aliphatic rings. The van der Waals surface area contributed by atoms with E-state index in [1.54, 1.807) is 25.3 Å². The lowest BCUT2D eigenvalue weighted by Crippen LogP contribution is -2.25. The fourth-order valence-electron chi connectivity index (χ4n) is 2.11. The van der Waals surface area contributed by atoms with E-state index in [1.807, 2.05) is 19.9 Å². The van der Waals surface area contributed by atoms with Crippen molar-refractivity contribution < 1.29 is 19.4 Å². The molecular formula is C16H20N2O4. The van der Waals surface area contributed by atoms with Crippen LogP contribution in [0.1, 0.15) is 20.8 Å². The van der Waals surface area contributed by atoms with Crippen LogP contribution >= 0.6 is 0 Å². The quantitative estimate of drug-likeness (QED) is 0.818. The van der Waals surface area contributed by atoms with Crippen LogP contribution in [-0.4, -0.2) is 35.3 Å². The van der Waals surface area contributed by atoms with Crippen molar-refractivity contribution >= 4 is 22.6 Å². The molecule has 2 N–H and O–H groups in total. The Morgan fingerprint density at radius 2 is 1.91 bits per heavy atom. The van der Waals surface area contributed by atoms with E-state index in [0.717, 1.165) is 10.9 Å². The molecule has 0 amide bonds. The fraction of sp³-hybridized carbons (Fsp3) is 0.375. The Bertz CT molecular complexity index is 672. The van der Waals surface area contributed by atoms with E-state index in [9.17, 15) is 4.79 Å². The summed E-state index contributed by atoms with van der Waals surface area (Å²) < 4.78 is 11.2. The second-order valence-corrected chi connectivity index (χ2v) is 4.74. The number of anilines is 1. The molecule has 0 bridgehead atoms. The van der Waals surface area contributed by atoms with E-state index in [0.29, 0.717) is 30.4 Å². The van der Waals surface area contributed by atoms with Gasteiger partial charge in [-0.05, 0) is 32.9 Å². The number of nitrogens with zero attached hydrogens (tertiary/aromatic N) is 1. The monoisotopic (exact) mass is 304 g/mol. The second-order valence-electron chi connectivity index (χ2n) is 4.74. The topological polar surface area (TPSA) is 80.7 Å². The minimum Gasteiger partial charge on any atom is -0.490 e. The summed E-state index contributed by atoms with van der Waals surface area (Å²) in [5, 5.41) is 12.8. The Kier molecular flexibility index (Phi) is 5.04. The molecule has 118 valence electrons. The predicted molar refractivity (Wildman–Crippen MR) is 84.8 cm³/mol. The number of ether oxygens (including phenoxy) is 2. The van der Waals surface area contributed by atoms with Gasteiger partial charge in [0.1, 0.15) is 6.04 Å². The molecule has 6 nitrogen and oxygen atoms in total. The number of aliphatic carboxylic acids is 1. The van der Waals surface area contributed by atoms with Crippen LogP contribution < -0.4 is 14.8 Å². The van der Waals surface area contributed by atoms with Gasteiger partial charge >= 0.3 is 5.97 Å².